The van der Waals surface area contributed by atoms with E-state index in [1.165, 1.54) is 0 Å². The number of hydrogen-bond donors (Lipinski definition) is 1. The normalized spacial score (nSPS) is 9.56. The van der Waals surface area contributed by atoms with E-state index in [2.05, 4.69) is 11.3 Å². The van der Waals surface area contributed by atoms with Crippen LogP contribution in [0.5, 0.6) is 0 Å². The Balaban J connectivity index is 3.80. The first-order valence-electron chi connectivity index (χ1n) is 5.04. The number of carbonyl (C=O) groups is 2. The van der Waals surface area contributed by atoms with E-state index in [1.807, 2.05) is 6.92 Å². The van der Waals surface area contributed by atoms with Gasteiger partial charge >= 0.3 is 12.1 Å². The maximum absolute atomic E-state index is 10.7. The SMILES string of the molecule is C=CC(=O)OCCN(OCCCC)C(=O)O. The maximum Gasteiger partial charge on any atom is 0.431 e. The van der Waals surface area contributed by atoms with Crippen LogP contribution in [-0.4, -0.2) is 42.0 Å². The highest BCUT2D eigenvalue weighted by Gasteiger charge is 2.12. The van der Waals surface area contributed by atoms with Crippen molar-refractivity contribution in [2.75, 3.05) is 19.8 Å². The number of hydroxylamine groups is 2. The molecule has 1 amide bonds. The lowest BCUT2D eigenvalue weighted by atomic mass is 10.4. The summed E-state index contributed by atoms with van der Waals surface area (Å²) >= 11 is 0. The van der Waals surface area contributed by atoms with E-state index in [-0.39, 0.29) is 13.2 Å². The van der Waals surface area contributed by atoms with Crippen LogP contribution in [0.3, 0.4) is 0 Å². The summed E-state index contributed by atoms with van der Waals surface area (Å²) in [6.07, 6.45) is 1.50. The molecule has 0 atom stereocenters. The molecule has 0 fully saturated rings. The summed E-state index contributed by atoms with van der Waals surface area (Å²) in [4.78, 5) is 26.3. The van der Waals surface area contributed by atoms with Crippen LogP contribution < -0.4 is 0 Å². The van der Waals surface area contributed by atoms with Gasteiger partial charge < -0.3 is 9.84 Å². The summed E-state index contributed by atoms with van der Waals surface area (Å²) in [5.41, 5.74) is 0. The number of ether oxygens (including phenoxy) is 1. The molecule has 0 aromatic rings. The van der Waals surface area contributed by atoms with Crippen LogP contribution in [0, 0.1) is 0 Å². The van der Waals surface area contributed by atoms with Gasteiger partial charge in [-0.1, -0.05) is 19.9 Å². The van der Waals surface area contributed by atoms with Crippen LogP contribution in [-0.2, 0) is 14.4 Å². The second-order valence-corrected chi connectivity index (χ2v) is 2.94. The number of hydrogen-bond acceptors (Lipinski definition) is 4. The number of unbranched alkanes of at least 4 members (excludes halogenated alkanes) is 1. The van der Waals surface area contributed by atoms with Gasteiger partial charge in [-0.3, -0.25) is 4.84 Å². The van der Waals surface area contributed by atoms with Gasteiger partial charge in [0.15, 0.2) is 0 Å². The molecule has 1 N–H and O–H groups in total. The van der Waals surface area contributed by atoms with Crippen molar-refractivity contribution in [2.45, 2.75) is 19.8 Å². The minimum absolute atomic E-state index is 0.0153. The third-order valence-corrected chi connectivity index (χ3v) is 1.66. The summed E-state index contributed by atoms with van der Waals surface area (Å²) in [6, 6.07) is 0. The van der Waals surface area contributed by atoms with Gasteiger partial charge in [-0.2, -0.15) is 5.06 Å². The van der Waals surface area contributed by atoms with Crippen molar-refractivity contribution in [1.29, 1.82) is 0 Å². The van der Waals surface area contributed by atoms with E-state index in [4.69, 9.17) is 9.94 Å². The summed E-state index contributed by atoms with van der Waals surface area (Å²) < 4.78 is 4.64. The molecule has 0 aromatic carbocycles. The predicted octanol–water partition coefficient (Wildman–Crippen LogP) is 1.43. The molecule has 0 spiro atoms. The van der Waals surface area contributed by atoms with Gasteiger partial charge in [-0.05, 0) is 6.42 Å². The lowest BCUT2D eigenvalue weighted by molar-refractivity contribution is -0.151. The summed E-state index contributed by atoms with van der Waals surface area (Å²) in [6.45, 7) is 5.45. The Labute approximate surface area is 94.4 Å². The summed E-state index contributed by atoms with van der Waals surface area (Å²) in [5.74, 6) is -0.584. The Bertz CT molecular complexity index is 241. The van der Waals surface area contributed by atoms with E-state index in [0.717, 1.165) is 24.0 Å². The fourth-order valence-corrected chi connectivity index (χ4v) is 0.823. The first-order valence-corrected chi connectivity index (χ1v) is 5.04. The Morgan fingerprint density at radius 2 is 2.12 bits per heavy atom. The second-order valence-electron chi connectivity index (χ2n) is 2.94. The van der Waals surface area contributed by atoms with Gasteiger partial charge in [0, 0.05) is 6.08 Å². The molecule has 0 aliphatic carbocycles. The largest absolute Gasteiger partial charge is 0.463 e. The average Bonchev–Trinajstić information content (AvgIpc) is 2.26. The first-order chi connectivity index (χ1) is 7.61. The van der Waals surface area contributed by atoms with E-state index < -0.39 is 12.1 Å². The van der Waals surface area contributed by atoms with Gasteiger partial charge in [0.25, 0.3) is 0 Å². The molecule has 0 aliphatic rings. The van der Waals surface area contributed by atoms with Crippen LogP contribution in [0.2, 0.25) is 0 Å². The standard InChI is InChI=1S/C10H17NO5/c1-3-5-7-16-11(10(13)14)6-8-15-9(12)4-2/h4H,2-3,5-8H2,1H3,(H,13,14). The number of esters is 1. The van der Waals surface area contributed by atoms with Crippen molar-refractivity contribution < 1.29 is 24.3 Å². The van der Waals surface area contributed by atoms with Crippen molar-refractivity contribution >= 4 is 12.1 Å². The number of rotatable bonds is 8. The molecule has 0 aliphatic heterocycles. The molecular formula is C10H17NO5. The van der Waals surface area contributed by atoms with Crippen molar-refractivity contribution in [3.05, 3.63) is 12.7 Å². The van der Waals surface area contributed by atoms with Crippen molar-refractivity contribution in [1.82, 2.24) is 5.06 Å². The monoisotopic (exact) mass is 231 g/mol. The zero-order valence-electron chi connectivity index (χ0n) is 9.35. The smallest absolute Gasteiger partial charge is 0.431 e. The topological polar surface area (TPSA) is 76.1 Å². The highest BCUT2D eigenvalue weighted by Crippen LogP contribution is 1.96. The Kier molecular flexibility index (Phi) is 7.87. The van der Waals surface area contributed by atoms with Gasteiger partial charge in [-0.25, -0.2) is 9.59 Å². The highest BCUT2D eigenvalue weighted by molar-refractivity contribution is 5.81. The van der Waals surface area contributed by atoms with Crippen molar-refractivity contribution in [3.63, 3.8) is 0 Å². The van der Waals surface area contributed by atoms with Crippen LogP contribution in [0.1, 0.15) is 19.8 Å². The molecular weight excluding hydrogens is 214 g/mol. The molecule has 0 heterocycles. The molecule has 6 heteroatoms. The van der Waals surface area contributed by atoms with Crippen molar-refractivity contribution in [2.24, 2.45) is 0 Å². The molecule has 6 nitrogen and oxygen atoms in total. The lowest BCUT2D eigenvalue weighted by Gasteiger charge is -2.17. The average molecular weight is 231 g/mol. The lowest BCUT2D eigenvalue weighted by Crippen LogP contribution is -2.33. The van der Waals surface area contributed by atoms with Gasteiger partial charge in [0.1, 0.15) is 6.61 Å². The first kappa shape index (κ1) is 14.4. The van der Waals surface area contributed by atoms with Gasteiger partial charge in [0.05, 0.1) is 13.2 Å². The number of carbonyl (C=O) groups excluding carboxylic acids is 1. The van der Waals surface area contributed by atoms with E-state index in [1.54, 1.807) is 0 Å². The fourth-order valence-electron chi connectivity index (χ4n) is 0.823. The minimum atomic E-state index is -1.20. The van der Waals surface area contributed by atoms with Crippen LogP contribution in [0.25, 0.3) is 0 Å². The van der Waals surface area contributed by atoms with Crippen LogP contribution in [0.15, 0.2) is 12.7 Å². The van der Waals surface area contributed by atoms with Gasteiger partial charge in [-0.15, -0.1) is 0 Å². The Morgan fingerprint density at radius 1 is 1.44 bits per heavy atom. The summed E-state index contributed by atoms with van der Waals surface area (Å²) in [5, 5.41) is 9.49. The molecule has 0 rings (SSSR count). The predicted molar refractivity (Wildman–Crippen MR) is 56.7 cm³/mol. The fraction of sp³-hybridized carbons (Fsp3) is 0.600. The maximum atomic E-state index is 10.7. The Hall–Kier alpha value is -1.56. The quantitative estimate of drug-likeness (QED) is 0.296. The third-order valence-electron chi connectivity index (χ3n) is 1.66. The van der Waals surface area contributed by atoms with E-state index in [0.29, 0.717) is 6.61 Å². The van der Waals surface area contributed by atoms with Gasteiger partial charge in [0.2, 0.25) is 0 Å². The van der Waals surface area contributed by atoms with Crippen molar-refractivity contribution in [3.8, 4) is 0 Å². The molecule has 0 unspecified atom stereocenters. The minimum Gasteiger partial charge on any atom is -0.463 e. The van der Waals surface area contributed by atoms with E-state index >= 15 is 0 Å². The van der Waals surface area contributed by atoms with Crippen LogP contribution in [0.4, 0.5) is 4.79 Å². The van der Waals surface area contributed by atoms with Crippen LogP contribution >= 0.6 is 0 Å². The molecule has 0 saturated heterocycles. The third kappa shape index (κ3) is 6.83. The molecule has 0 aromatic heterocycles. The molecule has 92 valence electrons. The number of nitrogens with zero attached hydrogens (tertiary/aromatic N) is 1. The zero-order valence-corrected chi connectivity index (χ0v) is 9.35. The zero-order chi connectivity index (χ0) is 12.4. The van der Waals surface area contributed by atoms with E-state index in [9.17, 15) is 9.59 Å². The molecule has 16 heavy (non-hydrogen) atoms. The Morgan fingerprint density at radius 3 is 2.62 bits per heavy atom. The molecule has 0 radical (unpaired) electrons. The number of carboxylic acid groups (broad SMARTS) is 1. The molecule has 0 bridgehead atoms. The number of amides is 1. The second kappa shape index (κ2) is 8.72. The molecule has 0 saturated carbocycles. The summed E-state index contributed by atoms with van der Waals surface area (Å²) in [7, 11) is 0. The highest BCUT2D eigenvalue weighted by atomic mass is 16.7.